The normalized spacial score (nSPS) is 11.9. The lowest BCUT2D eigenvalue weighted by Crippen LogP contribution is -2.31. The van der Waals surface area contributed by atoms with Crippen molar-refractivity contribution in [3.63, 3.8) is 0 Å². The van der Waals surface area contributed by atoms with Crippen LogP contribution < -0.4 is 0 Å². The first-order valence-electron chi connectivity index (χ1n) is 8.41. The molecule has 0 aliphatic heterocycles. The van der Waals surface area contributed by atoms with Crippen molar-refractivity contribution < 1.29 is 18.7 Å². The highest BCUT2D eigenvalue weighted by Crippen LogP contribution is 2.24. The number of benzene rings is 2. The first kappa shape index (κ1) is 18.5. The summed E-state index contributed by atoms with van der Waals surface area (Å²) >= 11 is 0. The molecule has 0 spiro atoms. The van der Waals surface area contributed by atoms with Crippen molar-refractivity contribution in [3.05, 3.63) is 77.2 Å². The number of halogens is 1. The molecule has 1 atom stereocenters. The SMILES string of the molecule is Cc1nc2cc(F)ccc2cc1C(=O)OC(C(=O)N(C)C)c1ccccc1. The van der Waals surface area contributed by atoms with Gasteiger partial charge in [-0.1, -0.05) is 30.3 Å². The van der Waals surface area contributed by atoms with Crippen LogP contribution in [0.3, 0.4) is 0 Å². The monoisotopic (exact) mass is 366 g/mol. The lowest BCUT2D eigenvalue weighted by molar-refractivity contribution is -0.138. The lowest BCUT2D eigenvalue weighted by Gasteiger charge is -2.21. The zero-order valence-electron chi connectivity index (χ0n) is 15.3. The minimum absolute atomic E-state index is 0.238. The predicted molar refractivity (Wildman–Crippen MR) is 99.7 cm³/mol. The van der Waals surface area contributed by atoms with Gasteiger partial charge in [-0.05, 0) is 25.1 Å². The molecule has 0 N–H and O–H groups in total. The largest absolute Gasteiger partial charge is 0.444 e. The van der Waals surface area contributed by atoms with Crippen LogP contribution in [0.15, 0.2) is 54.6 Å². The van der Waals surface area contributed by atoms with Crippen LogP contribution in [-0.2, 0) is 9.53 Å². The number of ether oxygens (including phenoxy) is 1. The molecule has 0 radical (unpaired) electrons. The van der Waals surface area contributed by atoms with E-state index in [0.717, 1.165) is 0 Å². The highest BCUT2D eigenvalue weighted by atomic mass is 19.1. The van der Waals surface area contributed by atoms with Gasteiger partial charge in [-0.3, -0.25) is 9.78 Å². The summed E-state index contributed by atoms with van der Waals surface area (Å²) in [5.74, 6) is -1.40. The molecule has 27 heavy (non-hydrogen) atoms. The smallest absolute Gasteiger partial charge is 0.341 e. The number of aromatic nitrogens is 1. The van der Waals surface area contributed by atoms with E-state index in [1.807, 2.05) is 6.07 Å². The third kappa shape index (κ3) is 3.95. The third-order valence-electron chi connectivity index (χ3n) is 4.18. The van der Waals surface area contributed by atoms with Gasteiger partial charge in [-0.25, -0.2) is 9.18 Å². The molecular weight excluding hydrogens is 347 g/mol. The van der Waals surface area contributed by atoms with Crippen LogP contribution in [-0.4, -0.2) is 35.9 Å². The van der Waals surface area contributed by atoms with Crippen LogP contribution in [0.4, 0.5) is 4.39 Å². The van der Waals surface area contributed by atoms with Crippen molar-refractivity contribution in [1.82, 2.24) is 9.88 Å². The Morgan fingerprint density at radius 1 is 1.07 bits per heavy atom. The van der Waals surface area contributed by atoms with Crippen molar-refractivity contribution in [1.29, 1.82) is 0 Å². The molecule has 1 heterocycles. The second-order valence-corrected chi connectivity index (χ2v) is 6.39. The second-order valence-electron chi connectivity index (χ2n) is 6.39. The number of carbonyl (C=O) groups excluding carboxylic acids is 2. The number of hydrogen-bond donors (Lipinski definition) is 0. The van der Waals surface area contributed by atoms with Crippen molar-refractivity contribution >= 4 is 22.8 Å². The minimum Gasteiger partial charge on any atom is -0.444 e. The zero-order valence-corrected chi connectivity index (χ0v) is 15.3. The van der Waals surface area contributed by atoms with Gasteiger partial charge in [0.2, 0.25) is 6.10 Å². The molecule has 6 heteroatoms. The van der Waals surface area contributed by atoms with E-state index in [4.69, 9.17) is 4.74 Å². The molecule has 0 aliphatic carbocycles. The first-order valence-corrected chi connectivity index (χ1v) is 8.41. The molecule has 0 bridgehead atoms. The number of rotatable bonds is 4. The number of esters is 1. The van der Waals surface area contributed by atoms with E-state index < -0.39 is 17.9 Å². The Kier molecular flexibility index (Phi) is 5.16. The van der Waals surface area contributed by atoms with Gasteiger partial charge in [0.15, 0.2) is 0 Å². The molecule has 1 unspecified atom stereocenters. The molecule has 138 valence electrons. The number of carbonyl (C=O) groups is 2. The average Bonchev–Trinajstić information content (AvgIpc) is 2.65. The molecule has 1 amide bonds. The van der Waals surface area contributed by atoms with Crippen LogP contribution in [0.5, 0.6) is 0 Å². The van der Waals surface area contributed by atoms with E-state index in [1.54, 1.807) is 57.4 Å². The summed E-state index contributed by atoms with van der Waals surface area (Å²) in [6.45, 7) is 1.65. The Morgan fingerprint density at radius 2 is 1.78 bits per heavy atom. The molecule has 2 aromatic carbocycles. The predicted octanol–water partition coefficient (Wildman–Crippen LogP) is 3.67. The van der Waals surface area contributed by atoms with Crippen LogP contribution in [0, 0.1) is 12.7 Å². The van der Waals surface area contributed by atoms with Crippen molar-refractivity contribution in [2.24, 2.45) is 0 Å². The summed E-state index contributed by atoms with van der Waals surface area (Å²) < 4.78 is 18.9. The summed E-state index contributed by atoms with van der Waals surface area (Å²) in [7, 11) is 3.20. The Balaban J connectivity index is 1.96. The first-order chi connectivity index (χ1) is 12.9. The minimum atomic E-state index is -1.06. The molecule has 3 aromatic rings. The molecule has 0 aliphatic rings. The fraction of sp³-hybridized carbons (Fsp3) is 0.190. The number of aryl methyl sites for hydroxylation is 1. The van der Waals surface area contributed by atoms with Gasteiger partial charge in [0, 0.05) is 31.1 Å². The van der Waals surface area contributed by atoms with Gasteiger partial charge < -0.3 is 9.64 Å². The van der Waals surface area contributed by atoms with Gasteiger partial charge in [0.1, 0.15) is 5.82 Å². The van der Waals surface area contributed by atoms with E-state index in [0.29, 0.717) is 22.2 Å². The maximum Gasteiger partial charge on any atom is 0.341 e. The second kappa shape index (κ2) is 7.53. The van der Waals surface area contributed by atoms with E-state index in [2.05, 4.69) is 4.98 Å². The fourth-order valence-electron chi connectivity index (χ4n) is 2.74. The lowest BCUT2D eigenvalue weighted by atomic mass is 10.1. The molecule has 5 nitrogen and oxygen atoms in total. The number of amides is 1. The summed E-state index contributed by atoms with van der Waals surface area (Å²) in [6.07, 6.45) is -1.06. The number of hydrogen-bond acceptors (Lipinski definition) is 4. The van der Waals surface area contributed by atoms with Gasteiger partial charge in [-0.2, -0.15) is 0 Å². The van der Waals surface area contributed by atoms with Crippen molar-refractivity contribution in [2.75, 3.05) is 14.1 Å². The summed E-state index contributed by atoms with van der Waals surface area (Å²) in [5, 5.41) is 0.615. The van der Waals surface area contributed by atoms with Gasteiger partial charge >= 0.3 is 5.97 Å². The third-order valence-corrected chi connectivity index (χ3v) is 4.18. The number of likely N-dealkylation sites (N-methyl/N-ethyl adjacent to an activating group) is 1. The standard InChI is InChI=1S/C21H19FN2O3/c1-13-17(11-15-9-10-16(22)12-18(15)23-13)21(26)27-19(20(25)24(2)3)14-7-5-4-6-8-14/h4-12,19H,1-3H3. The Bertz CT molecular complexity index is 1000. The number of fused-ring (bicyclic) bond motifs is 1. The van der Waals surface area contributed by atoms with Gasteiger partial charge in [0.25, 0.3) is 5.91 Å². The molecule has 0 fully saturated rings. The Labute approximate surface area is 156 Å². The summed E-state index contributed by atoms with van der Waals surface area (Å²) in [5.41, 5.74) is 1.68. The van der Waals surface area contributed by atoms with E-state index >= 15 is 0 Å². The molecule has 0 saturated heterocycles. The maximum atomic E-state index is 13.4. The number of nitrogens with zero attached hydrogens (tertiary/aromatic N) is 2. The van der Waals surface area contributed by atoms with Crippen molar-refractivity contribution in [2.45, 2.75) is 13.0 Å². The quantitative estimate of drug-likeness (QED) is 0.661. The highest BCUT2D eigenvalue weighted by molar-refractivity contribution is 5.96. The van der Waals surface area contributed by atoms with Crippen molar-refractivity contribution in [3.8, 4) is 0 Å². The summed E-state index contributed by atoms with van der Waals surface area (Å²) in [4.78, 5) is 31.0. The van der Waals surface area contributed by atoms with Crippen LogP contribution in [0.25, 0.3) is 10.9 Å². The molecule has 1 aromatic heterocycles. The molecule has 3 rings (SSSR count). The topological polar surface area (TPSA) is 59.5 Å². The van der Waals surface area contributed by atoms with E-state index in [9.17, 15) is 14.0 Å². The maximum absolute atomic E-state index is 13.4. The highest BCUT2D eigenvalue weighted by Gasteiger charge is 2.27. The van der Waals surface area contributed by atoms with Gasteiger partial charge in [-0.15, -0.1) is 0 Å². The van der Waals surface area contributed by atoms with Gasteiger partial charge in [0.05, 0.1) is 16.8 Å². The van der Waals surface area contributed by atoms with Crippen LogP contribution >= 0.6 is 0 Å². The van der Waals surface area contributed by atoms with Crippen LogP contribution in [0.2, 0.25) is 0 Å². The molecule has 0 saturated carbocycles. The van der Waals surface area contributed by atoms with Crippen LogP contribution in [0.1, 0.15) is 27.7 Å². The summed E-state index contributed by atoms with van der Waals surface area (Å²) in [6, 6.07) is 14.6. The van der Waals surface area contributed by atoms with E-state index in [1.165, 1.54) is 17.0 Å². The van der Waals surface area contributed by atoms with E-state index in [-0.39, 0.29) is 11.5 Å². The Hall–Kier alpha value is -3.28. The molecular formula is C21H19FN2O3. The fourth-order valence-corrected chi connectivity index (χ4v) is 2.74. The number of pyridine rings is 1. The zero-order chi connectivity index (χ0) is 19.6. The Morgan fingerprint density at radius 3 is 2.44 bits per heavy atom. The average molecular weight is 366 g/mol.